The van der Waals surface area contributed by atoms with Crippen LogP contribution in [0.15, 0.2) is 24.4 Å². The van der Waals surface area contributed by atoms with E-state index in [4.69, 9.17) is 17.3 Å². The number of rotatable bonds is 3. The molecule has 98 valence electrons. The maximum atomic E-state index is 6.03. The largest absolute Gasteiger partial charge is 0.343 e. The molecule has 0 radical (unpaired) electrons. The molecule has 5 heteroatoms. The van der Waals surface area contributed by atoms with Gasteiger partial charge in [0.15, 0.2) is 0 Å². The normalized spacial score (nSPS) is 12.2. The van der Waals surface area contributed by atoms with Gasteiger partial charge in [-0.05, 0) is 17.7 Å². The molecule has 0 saturated carbocycles. The molecule has 0 unspecified atom stereocenters. The van der Waals surface area contributed by atoms with Crippen molar-refractivity contribution in [3.05, 3.63) is 40.5 Å². The summed E-state index contributed by atoms with van der Waals surface area (Å²) in [5.74, 6) is 0.715. The first kappa shape index (κ1) is 12.4. The first-order valence-corrected chi connectivity index (χ1v) is 6.63. The van der Waals surface area contributed by atoms with E-state index in [1.54, 1.807) is 0 Å². The number of aromatic nitrogens is 2. The summed E-state index contributed by atoms with van der Waals surface area (Å²) in [5, 5.41) is 0.764. The lowest BCUT2D eigenvalue weighted by atomic mass is 10.1. The van der Waals surface area contributed by atoms with Crippen LogP contribution >= 0.6 is 11.6 Å². The van der Waals surface area contributed by atoms with E-state index in [2.05, 4.69) is 9.97 Å². The SMILES string of the molecule is CN(CCN)c1ncc2c(n1)-c1ccc(Cl)cc1C2. The average Bonchev–Trinajstić information content (AvgIpc) is 2.75. The van der Waals surface area contributed by atoms with Crippen molar-refractivity contribution in [1.29, 1.82) is 0 Å². The molecule has 1 aliphatic rings. The zero-order valence-electron chi connectivity index (χ0n) is 10.7. The summed E-state index contributed by atoms with van der Waals surface area (Å²) >= 11 is 6.03. The molecule has 2 N–H and O–H groups in total. The highest BCUT2D eigenvalue weighted by molar-refractivity contribution is 6.30. The van der Waals surface area contributed by atoms with Crippen LogP contribution in [0.4, 0.5) is 5.95 Å². The molecule has 1 heterocycles. The number of hydrogen-bond donors (Lipinski definition) is 1. The Labute approximate surface area is 117 Å². The Kier molecular flexibility index (Phi) is 3.12. The van der Waals surface area contributed by atoms with E-state index in [0.29, 0.717) is 12.5 Å². The minimum absolute atomic E-state index is 0.586. The first-order chi connectivity index (χ1) is 9.19. The summed E-state index contributed by atoms with van der Waals surface area (Å²) in [6, 6.07) is 5.94. The van der Waals surface area contributed by atoms with Crippen LogP contribution in [0.5, 0.6) is 0 Å². The van der Waals surface area contributed by atoms with Gasteiger partial charge in [0.2, 0.25) is 5.95 Å². The number of benzene rings is 1. The Bertz CT molecular complexity index is 627. The van der Waals surface area contributed by atoms with Crippen LogP contribution in [0.1, 0.15) is 11.1 Å². The number of halogens is 1. The van der Waals surface area contributed by atoms with Crippen LogP contribution in [0.25, 0.3) is 11.3 Å². The minimum Gasteiger partial charge on any atom is -0.343 e. The Morgan fingerprint density at radius 3 is 3.00 bits per heavy atom. The second-order valence-electron chi connectivity index (χ2n) is 4.73. The first-order valence-electron chi connectivity index (χ1n) is 6.25. The second-order valence-corrected chi connectivity index (χ2v) is 5.17. The fourth-order valence-corrected chi connectivity index (χ4v) is 2.58. The van der Waals surface area contributed by atoms with Gasteiger partial charge in [0, 0.05) is 48.9 Å². The summed E-state index contributed by atoms with van der Waals surface area (Å²) in [7, 11) is 1.95. The van der Waals surface area contributed by atoms with Gasteiger partial charge in [-0.2, -0.15) is 0 Å². The summed E-state index contributed by atoms with van der Waals surface area (Å²) < 4.78 is 0. The smallest absolute Gasteiger partial charge is 0.225 e. The van der Waals surface area contributed by atoms with E-state index in [1.165, 1.54) is 5.56 Å². The van der Waals surface area contributed by atoms with E-state index in [0.717, 1.165) is 34.8 Å². The zero-order valence-corrected chi connectivity index (χ0v) is 11.5. The molecular weight excluding hydrogens is 260 g/mol. The van der Waals surface area contributed by atoms with Gasteiger partial charge in [0.1, 0.15) is 0 Å². The third-order valence-corrected chi connectivity index (χ3v) is 3.60. The summed E-state index contributed by atoms with van der Waals surface area (Å²) in [5.41, 5.74) is 10.1. The molecule has 1 aromatic carbocycles. The lowest BCUT2D eigenvalue weighted by Gasteiger charge is -2.16. The van der Waals surface area contributed by atoms with Crippen molar-refractivity contribution in [2.75, 3.05) is 25.0 Å². The predicted molar refractivity (Wildman–Crippen MR) is 77.6 cm³/mol. The lowest BCUT2D eigenvalue weighted by Crippen LogP contribution is -2.26. The van der Waals surface area contributed by atoms with E-state index < -0.39 is 0 Å². The van der Waals surface area contributed by atoms with Gasteiger partial charge in [0.25, 0.3) is 0 Å². The summed E-state index contributed by atoms with van der Waals surface area (Å²) in [4.78, 5) is 11.0. The molecule has 1 aliphatic carbocycles. The molecule has 0 amide bonds. The Hall–Kier alpha value is -1.65. The zero-order chi connectivity index (χ0) is 13.4. The number of anilines is 1. The van der Waals surface area contributed by atoms with Gasteiger partial charge >= 0.3 is 0 Å². The molecule has 0 aliphatic heterocycles. The predicted octanol–water partition coefficient (Wildman–Crippen LogP) is 2.10. The highest BCUT2D eigenvalue weighted by Crippen LogP contribution is 2.36. The lowest BCUT2D eigenvalue weighted by molar-refractivity contribution is 0.845. The van der Waals surface area contributed by atoms with Crippen LogP contribution in [-0.2, 0) is 6.42 Å². The van der Waals surface area contributed by atoms with Crippen molar-refractivity contribution in [1.82, 2.24) is 9.97 Å². The van der Waals surface area contributed by atoms with Gasteiger partial charge in [-0.1, -0.05) is 17.7 Å². The molecule has 19 heavy (non-hydrogen) atoms. The number of nitrogens with two attached hydrogens (primary N) is 1. The Morgan fingerprint density at radius 1 is 1.37 bits per heavy atom. The third kappa shape index (κ3) is 2.17. The van der Waals surface area contributed by atoms with Crippen LogP contribution in [0, 0.1) is 0 Å². The van der Waals surface area contributed by atoms with Gasteiger partial charge in [-0.15, -0.1) is 0 Å². The maximum absolute atomic E-state index is 6.03. The Balaban J connectivity index is 2.03. The van der Waals surface area contributed by atoms with Crippen LogP contribution in [0.2, 0.25) is 5.02 Å². The van der Waals surface area contributed by atoms with Crippen molar-refractivity contribution >= 4 is 17.5 Å². The minimum atomic E-state index is 0.586. The molecule has 2 aromatic rings. The van der Waals surface area contributed by atoms with Crippen LogP contribution in [0.3, 0.4) is 0 Å². The quantitative estimate of drug-likeness (QED) is 0.795. The van der Waals surface area contributed by atoms with Gasteiger partial charge in [-0.25, -0.2) is 9.97 Å². The summed E-state index contributed by atoms with van der Waals surface area (Å²) in [6.45, 7) is 1.33. The fraction of sp³-hybridized carbons (Fsp3) is 0.286. The van der Waals surface area contributed by atoms with Crippen LogP contribution < -0.4 is 10.6 Å². The Morgan fingerprint density at radius 2 is 2.21 bits per heavy atom. The molecule has 4 nitrogen and oxygen atoms in total. The number of likely N-dealkylation sites (N-methyl/N-ethyl adjacent to an activating group) is 1. The summed E-state index contributed by atoms with van der Waals surface area (Å²) in [6.07, 6.45) is 2.75. The molecular formula is C14H15ClN4. The van der Waals surface area contributed by atoms with Gasteiger partial charge < -0.3 is 10.6 Å². The number of hydrogen-bond acceptors (Lipinski definition) is 4. The fourth-order valence-electron chi connectivity index (χ4n) is 2.38. The molecule has 0 bridgehead atoms. The molecule has 1 aromatic heterocycles. The van der Waals surface area contributed by atoms with E-state index in [-0.39, 0.29) is 0 Å². The van der Waals surface area contributed by atoms with E-state index >= 15 is 0 Å². The van der Waals surface area contributed by atoms with E-state index in [9.17, 15) is 0 Å². The average molecular weight is 275 g/mol. The van der Waals surface area contributed by atoms with Gasteiger partial charge in [0.05, 0.1) is 5.69 Å². The number of nitrogens with zero attached hydrogens (tertiary/aromatic N) is 3. The highest BCUT2D eigenvalue weighted by atomic mass is 35.5. The number of fused-ring (bicyclic) bond motifs is 3. The standard InChI is InChI=1S/C14H15ClN4/c1-19(5-4-16)14-17-8-10-6-9-7-11(15)2-3-12(9)13(10)18-14/h2-3,7-8H,4-6,16H2,1H3. The third-order valence-electron chi connectivity index (χ3n) is 3.36. The van der Waals surface area contributed by atoms with Crippen molar-refractivity contribution in [2.45, 2.75) is 6.42 Å². The van der Waals surface area contributed by atoms with Crippen LogP contribution in [-0.4, -0.2) is 30.1 Å². The monoisotopic (exact) mass is 274 g/mol. The maximum Gasteiger partial charge on any atom is 0.225 e. The van der Waals surface area contributed by atoms with Crippen molar-refractivity contribution in [2.24, 2.45) is 5.73 Å². The molecule has 0 fully saturated rings. The highest BCUT2D eigenvalue weighted by Gasteiger charge is 2.21. The van der Waals surface area contributed by atoms with Crippen molar-refractivity contribution in [3.63, 3.8) is 0 Å². The van der Waals surface area contributed by atoms with Gasteiger partial charge in [-0.3, -0.25) is 0 Å². The topological polar surface area (TPSA) is 55.0 Å². The van der Waals surface area contributed by atoms with Crippen molar-refractivity contribution < 1.29 is 0 Å². The molecule has 3 rings (SSSR count). The molecule has 0 saturated heterocycles. The second kappa shape index (κ2) is 4.79. The van der Waals surface area contributed by atoms with E-state index in [1.807, 2.05) is 36.3 Å². The molecule has 0 spiro atoms. The molecule has 0 atom stereocenters. The van der Waals surface area contributed by atoms with Crippen molar-refractivity contribution in [3.8, 4) is 11.3 Å².